The highest BCUT2D eigenvalue weighted by atomic mass is 16.2. The summed E-state index contributed by atoms with van der Waals surface area (Å²) < 4.78 is 0. The zero-order chi connectivity index (χ0) is 9.97. The summed E-state index contributed by atoms with van der Waals surface area (Å²) in [6, 6.07) is 1.01. The van der Waals surface area contributed by atoms with Gasteiger partial charge in [0.25, 0.3) is 0 Å². The Morgan fingerprint density at radius 2 is 1.64 bits per heavy atom. The minimum Gasteiger partial charge on any atom is -0.335 e. The molecule has 0 heterocycles. The van der Waals surface area contributed by atoms with Gasteiger partial charge in [0.2, 0.25) is 0 Å². The van der Waals surface area contributed by atoms with E-state index in [0.29, 0.717) is 18.1 Å². The number of carbonyl (C=O) groups excluding carboxylic acids is 1. The normalized spacial score (nSPS) is 32.4. The van der Waals surface area contributed by atoms with E-state index in [1.54, 1.807) is 0 Å². The van der Waals surface area contributed by atoms with E-state index in [2.05, 4.69) is 10.6 Å². The van der Waals surface area contributed by atoms with Gasteiger partial charge in [-0.3, -0.25) is 0 Å². The third-order valence-corrected chi connectivity index (χ3v) is 3.20. The number of amides is 2. The molecule has 0 spiro atoms. The monoisotopic (exact) mass is 197 g/mol. The second kappa shape index (κ2) is 4.17. The summed E-state index contributed by atoms with van der Waals surface area (Å²) in [5.41, 5.74) is 5.64. The molecular weight excluding hydrogens is 178 g/mol. The Morgan fingerprint density at radius 3 is 2.21 bits per heavy atom. The summed E-state index contributed by atoms with van der Waals surface area (Å²) >= 11 is 0. The zero-order valence-corrected chi connectivity index (χ0v) is 8.46. The van der Waals surface area contributed by atoms with Crippen molar-refractivity contribution >= 4 is 6.03 Å². The molecule has 0 unspecified atom stereocenters. The zero-order valence-electron chi connectivity index (χ0n) is 8.46. The van der Waals surface area contributed by atoms with Crippen LogP contribution in [0.25, 0.3) is 0 Å². The summed E-state index contributed by atoms with van der Waals surface area (Å²) in [7, 11) is 0. The Bertz CT molecular complexity index is 207. The predicted octanol–water partition coefficient (Wildman–Crippen LogP) is 0.718. The van der Waals surface area contributed by atoms with Gasteiger partial charge in [-0.15, -0.1) is 0 Å². The molecule has 0 atom stereocenters. The van der Waals surface area contributed by atoms with Crippen LogP contribution in [0.5, 0.6) is 0 Å². The first-order valence-electron chi connectivity index (χ1n) is 5.56. The molecule has 0 bridgehead atoms. The first-order valence-corrected chi connectivity index (χ1v) is 5.56. The minimum atomic E-state index is -0.00574. The summed E-state index contributed by atoms with van der Waals surface area (Å²) in [6.45, 7) is 0. The van der Waals surface area contributed by atoms with E-state index in [1.807, 2.05) is 0 Å². The molecule has 0 radical (unpaired) electrons. The topological polar surface area (TPSA) is 67.1 Å². The second-order valence-corrected chi connectivity index (χ2v) is 4.53. The van der Waals surface area contributed by atoms with Crippen LogP contribution in [-0.2, 0) is 0 Å². The largest absolute Gasteiger partial charge is 0.335 e. The Hall–Kier alpha value is -0.770. The van der Waals surface area contributed by atoms with Gasteiger partial charge in [-0.1, -0.05) is 12.8 Å². The van der Waals surface area contributed by atoms with Crippen LogP contribution in [0.4, 0.5) is 4.79 Å². The van der Waals surface area contributed by atoms with Crippen molar-refractivity contribution in [3.8, 4) is 0 Å². The molecule has 0 aromatic heterocycles. The van der Waals surface area contributed by atoms with Gasteiger partial charge in [-0.25, -0.2) is 4.79 Å². The molecule has 4 N–H and O–H groups in total. The second-order valence-electron chi connectivity index (χ2n) is 4.53. The molecule has 2 aliphatic carbocycles. The van der Waals surface area contributed by atoms with Crippen LogP contribution in [0, 0.1) is 0 Å². The van der Waals surface area contributed by atoms with Crippen molar-refractivity contribution in [1.82, 2.24) is 10.6 Å². The van der Waals surface area contributed by atoms with Crippen LogP contribution in [0.3, 0.4) is 0 Å². The molecule has 2 rings (SSSR count). The van der Waals surface area contributed by atoms with E-state index in [0.717, 1.165) is 25.7 Å². The molecule has 2 amide bonds. The van der Waals surface area contributed by atoms with Crippen LogP contribution < -0.4 is 16.4 Å². The fraction of sp³-hybridized carbons (Fsp3) is 0.900. The van der Waals surface area contributed by atoms with Gasteiger partial charge in [0.15, 0.2) is 0 Å². The van der Waals surface area contributed by atoms with E-state index < -0.39 is 0 Å². The van der Waals surface area contributed by atoms with Crippen molar-refractivity contribution in [1.29, 1.82) is 0 Å². The van der Waals surface area contributed by atoms with Gasteiger partial charge < -0.3 is 16.4 Å². The molecule has 0 aromatic carbocycles. The first-order chi connectivity index (χ1) is 6.74. The lowest BCUT2D eigenvalue weighted by Crippen LogP contribution is -2.54. The summed E-state index contributed by atoms with van der Waals surface area (Å²) in [4.78, 5) is 11.4. The molecule has 2 fully saturated rings. The smallest absolute Gasteiger partial charge is 0.315 e. The third-order valence-electron chi connectivity index (χ3n) is 3.20. The van der Waals surface area contributed by atoms with Crippen LogP contribution in [0.1, 0.15) is 38.5 Å². The first kappa shape index (κ1) is 9.77. The van der Waals surface area contributed by atoms with Gasteiger partial charge in [-0.05, 0) is 25.7 Å². The number of urea groups is 1. The molecule has 2 aliphatic rings. The highest BCUT2D eigenvalue weighted by Crippen LogP contribution is 2.19. The van der Waals surface area contributed by atoms with E-state index in [4.69, 9.17) is 5.73 Å². The highest BCUT2D eigenvalue weighted by Gasteiger charge is 2.27. The maximum Gasteiger partial charge on any atom is 0.315 e. The van der Waals surface area contributed by atoms with Crippen LogP contribution in [-0.4, -0.2) is 24.2 Å². The third kappa shape index (κ3) is 2.38. The van der Waals surface area contributed by atoms with Crippen molar-refractivity contribution < 1.29 is 4.79 Å². The van der Waals surface area contributed by atoms with Gasteiger partial charge in [0.05, 0.1) is 0 Å². The number of nitrogens with one attached hydrogen (secondary N) is 2. The fourth-order valence-electron chi connectivity index (χ4n) is 2.26. The lowest BCUT2D eigenvalue weighted by atomic mass is 9.88. The molecule has 2 saturated carbocycles. The number of nitrogens with two attached hydrogens (primary N) is 1. The number of hydrogen-bond acceptors (Lipinski definition) is 2. The summed E-state index contributed by atoms with van der Waals surface area (Å²) in [6.07, 6.45) is 6.63. The van der Waals surface area contributed by atoms with E-state index in [9.17, 15) is 4.79 Å². The molecule has 4 nitrogen and oxygen atoms in total. The number of carbonyl (C=O) groups is 1. The fourth-order valence-corrected chi connectivity index (χ4v) is 2.26. The van der Waals surface area contributed by atoms with E-state index in [-0.39, 0.29) is 6.03 Å². The molecule has 80 valence electrons. The Kier molecular flexibility index (Phi) is 2.91. The lowest BCUT2D eigenvalue weighted by Gasteiger charge is -2.33. The maximum atomic E-state index is 11.4. The maximum absolute atomic E-state index is 11.4. The molecule has 0 aromatic rings. The SMILES string of the molecule is NC1CC(NC(=O)NC2CCCC2)C1. The van der Waals surface area contributed by atoms with Crippen LogP contribution in [0.15, 0.2) is 0 Å². The Balaban J connectivity index is 1.63. The molecular formula is C10H19N3O. The quantitative estimate of drug-likeness (QED) is 0.610. The summed E-state index contributed by atoms with van der Waals surface area (Å²) in [5.74, 6) is 0. The van der Waals surface area contributed by atoms with E-state index >= 15 is 0 Å². The average molecular weight is 197 g/mol. The van der Waals surface area contributed by atoms with Crippen molar-refractivity contribution in [2.45, 2.75) is 56.7 Å². The number of rotatable bonds is 2. The molecule has 14 heavy (non-hydrogen) atoms. The molecule has 0 aliphatic heterocycles. The van der Waals surface area contributed by atoms with Gasteiger partial charge >= 0.3 is 6.03 Å². The standard InChI is InChI=1S/C10H19N3O/c11-7-5-9(6-7)13-10(14)12-8-3-1-2-4-8/h7-9H,1-6,11H2,(H2,12,13,14). The highest BCUT2D eigenvalue weighted by molar-refractivity contribution is 5.74. The van der Waals surface area contributed by atoms with Gasteiger partial charge in [0.1, 0.15) is 0 Å². The summed E-state index contributed by atoms with van der Waals surface area (Å²) in [5, 5.41) is 5.95. The molecule has 0 saturated heterocycles. The predicted molar refractivity (Wildman–Crippen MR) is 54.9 cm³/mol. The van der Waals surface area contributed by atoms with Gasteiger partial charge in [-0.2, -0.15) is 0 Å². The van der Waals surface area contributed by atoms with Crippen molar-refractivity contribution in [2.24, 2.45) is 5.73 Å². The van der Waals surface area contributed by atoms with Crippen molar-refractivity contribution in [3.05, 3.63) is 0 Å². The average Bonchev–Trinajstić information content (AvgIpc) is 2.54. The van der Waals surface area contributed by atoms with Crippen LogP contribution in [0.2, 0.25) is 0 Å². The van der Waals surface area contributed by atoms with Crippen LogP contribution >= 0.6 is 0 Å². The van der Waals surface area contributed by atoms with Gasteiger partial charge in [0, 0.05) is 18.1 Å². The number of hydrogen-bond donors (Lipinski definition) is 3. The lowest BCUT2D eigenvalue weighted by molar-refractivity contribution is 0.219. The Morgan fingerprint density at radius 1 is 1.07 bits per heavy atom. The molecule has 4 heteroatoms. The van der Waals surface area contributed by atoms with E-state index in [1.165, 1.54) is 12.8 Å². The minimum absolute atomic E-state index is 0.00574. The Labute approximate surface area is 84.6 Å². The van der Waals surface area contributed by atoms with Crippen molar-refractivity contribution in [3.63, 3.8) is 0 Å². The van der Waals surface area contributed by atoms with Crippen molar-refractivity contribution in [2.75, 3.05) is 0 Å².